The quantitative estimate of drug-likeness (QED) is 0.170. The lowest BCUT2D eigenvalue weighted by Crippen LogP contribution is -2.46. The highest BCUT2D eigenvalue weighted by Gasteiger charge is 2.47. The Bertz CT molecular complexity index is 790. The number of nitrogens with two attached hydrogens (primary N) is 2. The van der Waals surface area contributed by atoms with Crippen LogP contribution in [0.3, 0.4) is 0 Å². The average molecular weight is 505 g/mol. The van der Waals surface area contributed by atoms with Gasteiger partial charge in [-0.25, -0.2) is 0 Å². The molecule has 6 N–H and O–H groups in total. The summed E-state index contributed by atoms with van der Waals surface area (Å²) in [6, 6.07) is 4.57. The van der Waals surface area contributed by atoms with E-state index in [0.717, 1.165) is 0 Å². The maximum Gasteiger partial charge on any atom is 0.269 e. The Morgan fingerprint density at radius 1 is 1.36 bits per heavy atom. The molecule has 11 nitrogen and oxygen atoms in total. The number of hydrogen-bond acceptors (Lipinski definition) is 9. The Labute approximate surface area is 173 Å². The zero-order valence-corrected chi connectivity index (χ0v) is 16.7. The fourth-order valence-corrected chi connectivity index (χ4v) is 4.07. The van der Waals surface area contributed by atoms with Gasteiger partial charge in [0.15, 0.2) is 6.23 Å². The highest BCUT2D eigenvalue weighted by atomic mass is 127. The Balaban J connectivity index is 1.81. The molecule has 0 spiro atoms. The summed E-state index contributed by atoms with van der Waals surface area (Å²) in [5.41, 5.74) is 12.0. The number of primary amides is 1. The molecule has 2 aliphatic rings. The minimum absolute atomic E-state index is 0.0822. The summed E-state index contributed by atoms with van der Waals surface area (Å²) in [6.45, 7) is 0.0822. The first-order valence-corrected chi connectivity index (χ1v) is 9.88. The highest BCUT2D eigenvalue weighted by Crippen LogP contribution is 2.32. The summed E-state index contributed by atoms with van der Waals surface area (Å²) in [6.07, 6.45) is -2.13. The molecule has 0 aromatic heterocycles. The van der Waals surface area contributed by atoms with Crippen LogP contribution in [0.15, 0.2) is 36.3 Å². The van der Waals surface area contributed by atoms with Crippen molar-refractivity contribution in [3.05, 3.63) is 52.0 Å². The Morgan fingerprint density at radius 2 is 2.00 bits per heavy atom. The van der Waals surface area contributed by atoms with E-state index in [-0.39, 0.29) is 18.2 Å². The first-order valence-electron chi connectivity index (χ1n) is 8.35. The van der Waals surface area contributed by atoms with Crippen molar-refractivity contribution in [1.29, 1.82) is 0 Å². The third-order valence-corrected chi connectivity index (χ3v) is 5.63. The van der Waals surface area contributed by atoms with Crippen molar-refractivity contribution >= 4 is 34.2 Å². The molecule has 0 aliphatic carbocycles. The van der Waals surface area contributed by atoms with Gasteiger partial charge in [-0.05, 0) is 17.7 Å². The molecule has 152 valence electrons. The molecule has 1 aromatic rings. The zero-order valence-electron chi connectivity index (χ0n) is 14.6. The van der Waals surface area contributed by atoms with Gasteiger partial charge in [-0.1, -0.05) is 22.6 Å². The number of benzene rings is 1. The van der Waals surface area contributed by atoms with E-state index in [1.165, 1.54) is 35.4 Å². The summed E-state index contributed by atoms with van der Waals surface area (Å²) >= 11 is 2.05. The monoisotopic (exact) mass is 505 g/mol. The molecule has 5 atom stereocenters. The number of halogens is 1. The first-order chi connectivity index (χ1) is 13.2. The highest BCUT2D eigenvalue weighted by molar-refractivity contribution is 14.1. The van der Waals surface area contributed by atoms with Crippen LogP contribution in [0.2, 0.25) is 0 Å². The van der Waals surface area contributed by atoms with Crippen LogP contribution in [0.5, 0.6) is 0 Å². The maximum atomic E-state index is 12.1. The van der Waals surface area contributed by atoms with E-state index < -0.39 is 41.4 Å². The first kappa shape index (κ1) is 20.6. The van der Waals surface area contributed by atoms with E-state index in [0.29, 0.717) is 9.99 Å². The molecule has 1 amide bonds. The SMILES string of the molecule is NC(=O)C(c1ccc([N+](=O)[O-])cc1)N1C=C(N)N([C@@H]2O[C@H](CI)[C@@H](O)[C@H]2O)C1. The van der Waals surface area contributed by atoms with Gasteiger partial charge in [0, 0.05) is 22.8 Å². The van der Waals surface area contributed by atoms with Gasteiger partial charge in [0.2, 0.25) is 5.91 Å². The number of nitro groups is 1. The Morgan fingerprint density at radius 3 is 2.50 bits per heavy atom. The van der Waals surface area contributed by atoms with Gasteiger partial charge in [0.25, 0.3) is 5.69 Å². The predicted molar refractivity (Wildman–Crippen MR) is 105 cm³/mol. The van der Waals surface area contributed by atoms with Gasteiger partial charge in [-0.2, -0.15) is 0 Å². The molecule has 1 unspecified atom stereocenters. The molecular weight excluding hydrogens is 485 g/mol. The topological polar surface area (TPSA) is 168 Å². The normalized spacial score (nSPS) is 28.3. The van der Waals surface area contributed by atoms with Crippen LogP contribution in [-0.2, 0) is 9.53 Å². The molecule has 12 heteroatoms. The van der Waals surface area contributed by atoms with Gasteiger partial charge in [-0.3, -0.25) is 14.9 Å². The van der Waals surface area contributed by atoms with Gasteiger partial charge < -0.3 is 36.2 Å². The molecule has 28 heavy (non-hydrogen) atoms. The molecule has 3 rings (SSSR count). The predicted octanol–water partition coefficient (Wildman–Crippen LogP) is -0.664. The van der Waals surface area contributed by atoms with Gasteiger partial charge in [0.1, 0.15) is 24.1 Å². The van der Waals surface area contributed by atoms with Crippen LogP contribution in [0.4, 0.5) is 5.69 Å². The van der Waals surface area contributed by atoms with E-state index in [9.17, 15) is 25.1 Å². The number of rotatable bonds is 6. The van der Waals surface area contributed by atoms with Crippen molar-refractivity contribution in [2.75, 3.05) is 11.1 Å². The van der Waals surface area contributed by atoms with E-state index in [4.69, 9.17) is 16.2 Å². The lowest BCUT2D eigenvalue weighted by atomic mass is 10.0. The van der Waals surface area contributed by atoms with E-state index in [1.54, 1.807) is 4.90 Å². The molecule has 1 saturated heterocycles. The molecule has 1 fully saturated rings. The number of non-ortho nitro benzene ring substituents is 1. The van der Waals surface area contributed by atoms with Crippen LogP contribution in [0, 0.1) is 10.1 Å². The summed E-state index contributed by atoms with van der Waals surface area (Å²) < 4.78 is 6.19. The molecule has 2 aliphatic heterocycles. The third kappa shape index (κ3) is 3.72. The summed E-state index contributed by atoms with van der Waals surface area (Å²) in [4.78, 5) is 25.5. The van der Waals surface area contributed by atoms with Crippen LogP contribution in [0.1, 0.15) is 11.6 Å². The number of aliphatic hydroxyl groups is 2. The standard InChI is InChI=1S/C16H20IN5O6/c17-5-10-13(23)14(24)16(28-10)21-7-20(6-11(21)18)12(15(19)25)8-1-3-9(4-2-8)22(26)27/h1-4,6,10,12-14,16,23-24H,5,7,18H2,(H2,19,25)/t10-,12?,13-,14-,16-/m1/s1. The number of nitrogens with zero attached hydrogens (tertiary/aromatic N) is 3. The van der Waals surface area contributed by atoms with Crippen molar-refractivity contribution < 1.29 is 24.7 Å². The minimum atomic E-state index is -1.17. The number of amides is 1. The Kier molecular flexibility index (Phi) is 5.92. The summed E-state index contributed by atoms with van der Waals surface area (Å²) in [5.74, 6) is -0.434. The number of carbonyl (C=O) groups excluding carboxylic acids is 1. The molecule has 0 bridgehead atoms. The second kappa shape index (κ2) is 8.06. The summed E-state index contributed by atoms with van der Waals surface area (Å²) in [7, 11) is 0. The third-order valence-electron chi connectivity index (χ3n) is 4.76. The van der Waals surface area contributed by atoms with Crippen LogP contribution in [0.25, 0.3) is 0 Å². The largest absolute Gasteiger partial charge is 0.387 e. The average Bonchev–Trinajstić information content (AvgIpc) is 3.15. The number of hydrogen-bond donors (Lipinski definition) is 4. The maximum absolute atomic E-state index is 12.1. The summed E-state index contributed by atoms with van der Waals surface area (Å²) in [5, 5.41) is 31.2. The van der Waals surface area contributed by atoms with E-state index in [1.807, 2.05) is 0 Å². The number of ether oxygens (including phenoxy) is 1. The number of nitro benzene ring substituents is 1. The fraction of sp³-hybridized carbons (Fsp3) is 0.438. The van der Waals surface area contributed by atoms with Gasteiger partial charge >= 0.3 is 0 Å². The lowest BCUT2D eigenvalue weighted by molar-refractivity contribution is -0.384. The smallest absolute Gasteiger partial charge is 0.269 e. The molecule has 1 aromatic carbocycles. The molecule has 2 heterocycles. The lowest BCUT2D eigenvalue weighted by Gasteiger charge is -2.32. The fourth-order valence-electron chi connectivity index (χ4n) is 3.34. The van der Waals surface area contributed by atoms with E-state index in [2.05, 4.69) is 22.6 Å². The van der Waals surface area contributed by atoms with Crippen LogP contribution >= 0.6 is 22.6 Å². The van der Waals surface area contributed by atoms with E-state index >= 15 is 0 Å². The van der Waals surface area contributed by atoms with Crippen molar-refractivity contribution in [2.45, 2.75) is 30.6 Å². The number of carbonyl (C=O) groups is 1. The van der Waals surface area contributed by atoms with Crippen molar-refractivity contribution in [2.24, 2.45) is 11.5 Å². The number of alkyl halides is 1. The second-order valence-corrected chi connectivity index (χ2v) is 7.41. The van der Waals surface area contributed by atoms with Crippen LogP contribution < -0.4 is 11.5 Å². The van der Waals surface area contributed by atoms with Crippen LogP contribution in [-0.4, -0.2) is 66.5 Å². The van der Waals surface area contributed by atoms with Gasteiger partial charge in [0.05, 0.1) is 17.7 Å². The van der Waals surface area contributed by atoms with Crippen molar-refractivity contribution in [3.63, 3.8) is 0 Å². The minimum Gasteiger partial charge on any atom is -0.387 e. The Hall–Kier alpha value is -2.16. The molecule has 0 radical (unpaired) electrons. The van der Waals surface area contributed by atoms with Crippen molar-refractivity contribution in [1.82, 2.24) is 9.80 Å². The molecular formula is C16H20IN5O6. The van der Waals surface area contributed by atoms with Crippen molar-refractivity contribution in [3.8, 4) is 0 Å². The second-order valence-electron chi connectivity index (χ2n) is 6.53. The van der Waals surface area contributed by atoms with Gasteiger partial charge in [-0.15, -0.1) is 0 Å². The zero-order chi connectivity index (χ0) is 20.6. The number of aliphatic hydroxyl groups excluding tert-OH is 2. The molecule has 0 saturated carbocycles.